The fraction of sp³-hybridized carbons (Fsp3) is 0.258. The lowest BCUT2D eigenvalue weighted by Crippen LogP contribution is -2.44. The van der Waals surface area contributed by atoms with Crippen molar-refractivity contribution in [3.63, 3.8) is 0 Å². The van der Waals surface area contributed by atoms with Crippen molar-refractivity contribution in [2.45, 2.75) is 26.8 Å². The maximum atomic E-state index is 13.7. The van der Waals surface area contributed by atoms with Crippen LogP contribution in [-0.4, -0.2) is 48.1 Å². The molecule has 1 aromatic heterocycles. The van der Waals surface area contributed by atoms with Gasteiger partial charge in [-0.3, -0.25) is 4.79 Å². The summed E-state index contributed by atoms with van der Waals surface area (Å²) in [6.07, 6.45) is 4.07. The van der Waals surface area contributed by atoms with Gasteiger partial charge >= 0.3 is 0 Å². The number of hydrogen-bond acceptors (Lipinski definition) is 3. The molecule has 3 aromatic carbocycles. The number of rotatable bonds is 12. The van der Waals surface area contributed by atoms with Crippen molar-refractivity contribution < 1.29 is 17.6 Å². The van der Waals surface area contributed by atoms with Gasteiger partial charge in [0, 0.05) is 42.1 Å². The fourth-order valence-electron chi connectivity index (χ4n) is 4.43. The predicted molar refractivity (Wildman–Crippen MR) is 155 cm³/mol. The Balaban J connectivity index is 1.55. The van der Waals surface area contributed by atoms with Gasteiger partial charge in [-0.2, -0.15) is 4.31 Å². The average molecular weight is 548 g/mol. The van der Waals surface area contributed by atoms with E-state index in [4.69, 9.17) is 0 Å². The summed E-state index contributed by atoms with van der Waals surface area (Å²) in [6.45, 7) is 4.39. The van der Waals surface area contributed by atoms with Gasteiger partial charge < -0.3 is 9.88 Å². The van der Waals surface area contributed by atoms with E-state index in [1.54, 1.807) is 23.1 Å². The molecule has 8 heteroatoms. The van der Waals surface area contributed by atoms with Gasteiger partial charge in [-0.1, -0.05) is 74.5 Å². The molecule has 0 aliphatic carbocycles. The Labute approximate surface area is 229 Å². The van der Waals surface area contributed by atoms with Gasteiger partial charge in [-0.15, -0.1) is 0 Å². The normalized spacial score (nSPS) is 12.1. The Hall–Kier alpha value is -3.75. The van der Waals surface area contributed by atoms with Crippen LogP contribution in [0.5, 0.6) is 0 Å². The number of aromatic nitrogens is 1. The molecular formula is C31H34FN3O3S. The van der Waals surface area contributed by atoms with Gasteiger partial charge in [0.25, 0.3) is 0 Å². The highest BCUT2D eigenvalue weighted by atomic mass is 32.2. The predicted octanol–water partition coefficient (Wildman–Crippen LogP) is 5.84. The molecule has 0 radical (unpaired) electrons. The Morgan fingerprint density at radius 1 is 0.974 bits per heavy atom. The summed E-state index contributed by atoms with van der Waals surface area (Å²) in [5, 5.41) is 2.25. The van der Waals surface area contributed by atoms with Crippen molar-refractivity contribution in [2.75, 3.05) is 19.6 Å². The van der Waals surface area contributed by atoms with Gasteiger partial charge in [-0.05, 0) is 53.3 Å². The second kappa shape index (κ2) is 12.9. The Bertz CT molecular complexity index is 1510. The van der Waals surface area contributed by atoms with E-state index >= 15 is 0 Å². The molecule has 0 unspecified atom stereocenters. The van der Waals surface area contributed by atoms with E-state index in [1.807, 2.05) is 74.6 Å². The highest BCUT2D eigenvalue weighted by Crippen LogP contribution is 2.19. The summed E-state index contributed by atoms with van der Waals surface area (Å²) in [6, 6.07) is 23.1. The maximum absolute atomic E-state index is 13.7. The molecule has 0 aliphatic rings. The molecule has 1 amide bonds. The summed E-state index contributed by atoms with van der Waals surface area (Å²) in [4.78, 5) is 18.6. The molecule has 204 valence electrons. The van der Waals surface area contributed by atoms with Crippen LogP contribution in [0.4, 0.5) is 4.39 Å². The standard InChI is InChI=1S/C31H34FN3O3S/c1-24(2)21-35(39(37,38)19-17-25-8-4-3-5-9-25)23-31(36)34(22-26-12-14-28(32)15-13-26)18-16-27-20-33-30-11-7-6-10-29(27)30/h3-15,17,19-20,24,33H,16,18,21-23H2,1-2H3/b19-17+. The van der Waals surface area contributed by atoms with Crippen LogP contribution >= 0.6 is 0 Å². The van der Waals surface area contributed by atoms with Crippen molar-refractivity contribution in [2.24, 2.45) is 5.92 Å². The highest BCUT2D eigenvalue weighted by Gasteiger charge is 2.26. The molecular weight excluding hydrogens is 513 g/mol. The number of H-pyrrole nitrogens is 1. The van der Waals surface area contributed by atoms with Crippen molar-refractivity contribution in [3.8, 4) is 0 Å². The summed E-state index contributed by atoms with van der Waals surface area (Å²) in [5.74, 6) is -0.638. The SMILES string of the molecule is CC(C)CN(CC(=O)N(CCc1c[nH]c2ccccc12)Cc1ccc(F)cc1)S(=O)(=O)/C=C/c1ccccc1. The first kappa shape index (κ1) is 28.3. The molecule has 0 saturated carbocycles. The number of carbonyl (C=O) groups is 1. The van der Waals surface area contributed by atoms with E-state index in [1.165, 1.54) is 16.4 Å². The van der Waals surface area contributed by atoms with E-state index in [0.29, 0.717) is 13.0 Å². The molecule has 0 aliphatic heterocycles. The van der Waals surface area contributed by atoms with Gasteiger partial charge in [0.2, 0.25) is 15.9 Å². The quantitative estimate of drug-likeness (QED) is 0.242. The summed E-state index contributed by atoms with van der Waals surface area (Å²) in [7, 11) is -3.86. The van der Waals surface area contributed by atoms with Crippen LogP contribution in [0.1, 0.15) is 30.5 Å². The zero-order chi connectivity index (χ0) is 27.8. The van der Waals surface area contributed by atoms with E-state index in [-0.39, 0.29) is 37.3 Å². The minimum Gasteiger partial charge on any atom is -0.361 e. The molecule has 0 atom stereocenters. The smallest absolute Gasteiger partial charge is 0.238 e. The molecule has 0 fully saturated rings. The van der Waals surface area contributed by atoms with Gasteiger partial charge in [0.15, 0.2) is 0 Å². The van der Waals surface area contributed by atoms with Crippen LogP contribution < -0.4 is 0 Å². The van der Waals surface area contributed by atoms with Gasteiger partial charge in [0.05, 0.1) is 6.54 Å². The second-order valence-electron chi connectivity index (χ2n) is 10.00. The molecule has 0 spiro atoms. The number of hydrogen-bond donors (Lipinski definition) is 1. The van der Waals surface area contributed by atoms with Crippen molar-refractivity contribution in [1.29, 1.82) is 0 Å². The number of nitrogens with zero attached hydrogens (tertiary/aromatic N) is 2. The third-order valence-electron chi connectivity index (χ3n) is 6.44. The van der Waals surface area contributed by atoms with Crippen LogP contribution in [-0.2, 0) is 27.8 Å². The molecule has 1 N–H and O–H groups in total. The molecule has 4 rings (SSSR count). The van der Waals surface area contributed by atoms with Crippen LogP contribution in [0.15, 0.2) is 90.5 Å². The summed E-state index contributed by atoms with van der Waals surface area (Å²) >= 11 is 0. The van der Waals surface area contributed by atoms with E-state index in [2.05, 4.69) is 4.98 Å². The lowest BCUT2D eigenvalue weighted by Gasteiger charge is -2.27. The highest BCUT2D eigenvalue weighted by molar-refractivity contribution is 7.92. The topological polar surface area (TPSA) is 73.5 Å². The number of nitrogens with one attached hydrogen (secondary N) is 1. The van der Waals surface area contributed by atoms with Gasteiger partial charge in [0.1, 0.15) is 5.82 Å². The number of fused-ring (bicyclic) bond motifs is 1. The first-order chi connectivity index (χ1) is 18.7. The number of sulfonamides is 1. The summed E-state index contributed by atoms with van der Waals surface area (Å²) in [5.41, 5.74) is 3.61. The van der Waals surface area contributed by atoms with Gasteiger partial charge in [-0.25, -0.2) is 12.8 Å². The maximum Gasteiger partial charge on any atom is 0.238 e. The lowest BCUT2D eigenvalue weighted by atomic mass is 10.1. The first-order valence-electron chi connectivity index (χ1n) is 13.0. The average Bonchev–Trinajstić information content (AvgIpc) is 3.34. The molecule has 1 heterocycles. The first-order valence-corrected chi connectivity index (χ1v) is 14.5. The lowest BCUT2D eigenvalue weighted by molar-refractivity contribution is -0.132. The van der Waals surface area contributed by atoms with Crippen LogP contribution in [0.2, 0.25) is 0 Å². The number of aromatic amines is 1. The molecule has 6 nitrogen and oxygen atoms in total. The van der Waals surface area contributed by atoms with E-state index in [0.717, 1.165) is 33.0 Å². The second-order valence-corrected chi connectivity index (χ2v) is 11.8. The zero-order valence-corrected chi connectivity index (χ0v) is 23.1. The molecule has 0 saturated heterocycles. The number of halogens is 1. The van der Waals surface area contributed by atoms with E-state index < -0.39 is 10.0 Å². The zero-order valence-electron chi connectivity index (χ0n) is 22.3. The minimum atomic E-state index is -3.86. The van der Waals surface area contributed by atoms with Crippen molar-refractivity contribution in [3.05, 3.63) is 113 Å². The Kier molecular flexibility index (Phi) is 9.32. The minimum absolute atomic E-state index is 0.0227. The number of amides is 1. The number of benzene rings is 3. The third kappa shape index (κ3) is 7.88. The molecule has 4 aromatic rings. The summed E-state index contributed by atoms with van der Waals surface area (Å²) < 4.78 is 41.4. The monoisotopic (exact) mass is 547 g/mol. The Morgan fingerprint density at radius 3 is 2.38 bits per heavy atom. The number of para-hydroxylation sites is 1. The van der Waals surface area contributed by atoms with Crippen LogP contribution in [0.3, 0.4) is 0 Å². The fourth-order valence-corrected chi connectivity index (χ4v) is 5.72. The third-order valence-corrected chi connectivity index (χ3v) is 7.92. The van der Waals surface area contributed by atoms with Crippen LogP contribution in [0, 0.1) is 11.7 Å². The van der Waals surface area contributed by atoms with Crippen molar-refractivity contribution >= 4 is 32.9 Å². The Morgan fingerprint density at radius 2 is 1.67 bits per heavy atom. The van der Waals surface area contributed by atoms with E-state index in [9.17, 15) is 17.6 Å². The largest absolute Gasteiger partial charge is 0.361 e. The molecule has 0 bridgehead atoms. The van der Waals surface area contributed by atoms with Crippen LogP contribution in [0.25, 0.3) is 17.0 Å². The number of carbonyl (C=O) groups excluding carboxylic acids is 1. The van der Waals surface area contributed by atoms with Crippen molar-refractivity contribution in [1.82, 2.24) is 14.2 Å². The molecule has 39 heavy (non-hydrogen) atoms.